The number of nitrogens with one attached hydrogen (secondary N) is 1. The lowest BCUT2D eigenvalue weighted by molar-refractivity contribution is 0.381. The average molecular weight is 373 g/mol. The quantitative estimate of drug-likeness (QED) is 0.646. The van der Waals surface area contributed by atoms with Crippen LogP contribution in [0.15, 0.2) is 41.9 Å². The Morgan fingerprint density at radius 3 is 3.04 bits per heavy atom. The minimum absolute atomic E-state index is 0.654. The number of thioether (sulfide) groups is 1. The normalized spacial score (nSPS) is 18.4. The van der Waals surface area contributed by atoms with Gasteiger partial charge >= 0.3 is 0 Å². The number of hydrogen-bond acceptors (Lipinski definition) is 4. The van der Waals surface area contributed by atoms with E-state index in [1.54, 1.807) is 17.3 Å². The van der Waals surface area contributed by atoms with E-state index in [4.69, 9.17) is 4.99 Å². The van der Waals surface area contributed by atoms with Gasteiger partial charge in [-0.15, -0.1) is 0 Å². The molecule has 7 heteroatoms. The summed E-state index contributed by atoms with van der Waals surface area (Å²) in [5, 5.41) is 8.33. The first-order chi connectivity index (χ1) is 12.7. The van der Waals surface area contributed by atoms with Crippen LogP contribution in [0.4, 0.5) is 0 Å². The van der Waals surface area contributed by atoms with E-state index in [9.17, 15) is 0 Å². The minimum Gasteiger partial charge on any atom is -0.357 e. The molecule has 1 aliphatic heterocycles. The Labute approximate surface area is 160 Å². The minimum atomic E-state index is 0.654. The zero-order valence-electron chi connectivity index (χ0n) is 15.8. The molecule has 0 saturated carbocycles. The van der Waals surface area contributed by atoms with Gasteiger partial charge in [0.25, 0.3) is 0 Å². The standard InChI is InChI=1S/C19H28N6S/c1-4-21-19(24-8-9-26-18(12-24)15(2)3)22-11-16-6-5-7-17(10-16)25-14-20-13-23-25/h5-7,10,13-15,18H,4,8-9,11-12H2,1-3H3,(H,21,22). The summed E-state index contributed by atoms with van der Waals surface area (Å²) in [5.41, 5.74) is 2.18. The number of nitrogens with zero attached hydrogens (tertiary/aromatic N) is 5. The number of rotatable bonds is 5. The molecule has 0 amide bonds. The fraction of sp³-hybridized carbons (Fsp3) is 0.526. The van der Waals surface area contributed by atoms with Crippen LogP contribution in [0.3, 0.4) is 0 Å². The molecule has 2 heterocycles. The molecule has 26 heavy (non-hydrogen) atoms. The maximum Gasteiger partial charge on any atom is 0.194 e. The van der Waals surface area contributed by atoms with Crippen LogP contribution in [0.2, 0.25) is 0 Å². The smallest absolute Gasteiger partial charge is 0.194 e. The highest BCUT2D eigenvalue weighted by Crippen LogP contribution is 2.25. The SMILES string of the molecule is CCNC(=NCc1cccc(-n2cncn2)c1)N1CCSC(C(C)C)C1. The number of hydrogen-bond donors (Lipinski definition) is 1. The van der Waals surface area contributed by atoms with E-state index in [1.807, 2.05) is 12.1 Å². The summed E-state index contributed by atoms with van der Waals surface area (Å²) in [5.74, 6) is 2.87. The molecule has 1 N–H and O–H groups in total. The molecule has 1 atom stereocenters. The summed E-state index contributed by atoms with van der Waals surface area (Å²) >= 11 is 2.09. The molecule has 0 spiro atoms. The van der Waals surface area contributed by atoms with Gasteiger partial charge in [-0.2, -0.15) is 16.9 Å². The molecule has 1 aromatic heterocycles. The number of aromatic nitrogens is 3. The number of benzene rings is 1. The predicted octanol–water partition coefficient (Wildman–Crippen LogP) is 2.81. The van der Waals surface area contributed by atoms with E-state index in [0.29, 0.717) is 17.7 Å². The summed E-state index contributed by atoms with van der Waals surface area (Å²) in [6.07, 6.45) is 3.26. The van der Waals surface area contributed by atoms with Gasteiger partial charge in [0, 0.05) is 30.6 Å². The van der Waals surface area contributed by atoms with Crippen LogP contribution in [0.1, 0.15) is 26.3 Å². The van der Waals surface area contributed by atoms with Gasteiger partial charge in [-0.05, 0) is 30.5 Å². The predicted molar refractivity (Wildman–Crippen MR) is 109 cm³/mol. The largest absolute Gasteiger partial charge is 0.357 e. The van der Waals surface area contributed by atoms with Crippen LogP contribution in [0, 0.1) is 5.92 Å². The molecule has 0 radical (unpaired) electrons. The molecule has 140 valence electrons. The van der Waals surface area contributed by atoms with Gasteiger partial charge < -0.3 is 10.2 Å². The van der Waals surface area contributed by atoms with Gasteiger partial charge in [0.2, 0.25) is 0 Å². The zero-order chi connectivity index (χ0) is 18.4. The third kappa shape index (κ3) is 4.78. The summed E-state index contributed by atoms with van der Waals surface area (Å²) in [7, 11) is 0. The van der Waals surface area contributed by atoms with Crippen LogP contribution in [0.25, 0.3) is 5.69 Å². The van der Waals surface area contributed by atoms with Gasteiger partial charge in [-0.3, -0.25) is 0 Å². The van der Waals surface area contributed by atoms with E-state index >= 15 is 0 Å². The van der Waals surface area contributed by atoms with Crippen molar-refractivity contribution in [3.63, 3.8) is 0 Å². The Bertz CT molecular complexity index is 713. The second-order valence-corrected chi connectivity index (χ2v) is 8.13. The van der Waals surface area contributed by atoms with Crippen molar-refractivity contribution in [1.29, 1.82) is 0 Å². The van der Waals surface area contributed by atoms with Crippen molar-refractivity contribution in [2.45, 2.75) is 32.6 Å². The second kappa shape index (κ2) is 9.07. The third-order valence-electron chi connectivity index (χ3n) is 4.48. The van der Waals surface area contributed by atoms with Crippen molar-refractivity contribution < 1.29 is 0 Å². The lowest BCUT2D eigenvalue weighted by atomic mass is 10.1. The maximum absolute atomic E-state index is 4.90. The summed E-state index contributed by atoms with van der Waals surface area (Å²) in [4.78, 5) is 11.3. The molecular weight excluding hydrogens is 344 g/mol. The highest BCUT2D eigenvalue weighted by molar-refractivity contribution is 8.00. The monoisotopic (exact) mass is 372 g/mol. The van der Waals surface area contributed by atoms with Crippen molar-refractivity contribution in [3.8, 4) is 5.69 Å². The van der Waals surface area contributed by atoms with Crippen LogP contribution >= 0.6 is 11.8 Å². The molecule has 1 fully saturated rings. The first-order valence-corrected chi connectivity index (χ1v) is 10.3. The Hall–Kier alpha value is -2.02. The van der Waals surface area contributed by atoms with Crippen molar-refractivity contribution in [2.24, 2.45) is 10.9 Å². The van der Waals surface area contributed by atoms with Crippen molar-refractivity contribution in [2.75, 3.05) is 25.4 Å². The fourth-order valence-electron chi connectivity index (χ4n) is 3.00. The highest BCUT2D eigenvalue weighted by Gasteiger charge is 2.24. The first-order valence-electron chi connectivity index (χ1n) is 9.26. The van der Waals surface area contributed by atoms with Gasteiger partial charge in [0.15, 0.2) is 5.96 Å². The molecule has 1 aromatic carbocycles. The lowest BCUT2D eigenvalue weighted by Crippen LogP contribution is -2.49. The zero-order valence-corrected chi connectivity index (χ0v) is 16.6. The van der Waals surface area contributed by atoms with Crippen LogP contribution in [0.5, 0.6) is 0 Å². The highest BCUT2D eigenvalue weighted by atomic mass is 32.2. The molecule has 0 aliphatic carbocycles. The van der Waals surface area contributed by atoms with Crippen molar-refractivity contribution in [3.05, 3.63) is 42.5 Å². The Balaban J connectivity index is 1.72. The van der Waals surface area contributed by atoms with E-state index in [2.05, 4.69) is 65.0 Å². The van der Waals surface area contributed by atoms with Gasteiger partial charge in [-0.1, -0.05) is 26.0 Å². The van der Waals surface area contributed by atoms with Crippen LogP contribution in [-0.4, -0.2) is 56.3 Å². The van der Waals surface area contributed by atoms with Crippen LogP contribution < -0.4 is 5.32 Å². The van der Waals surface area contributed by atoms with E-state index < -0.39 is 0 Å². The van der Waals surface area contributed by atoms with Crippen molar-refractivity contribution in [1.82, 2.24) is 25.0 Å². The summed E-state index contributed by atoms with van der Waals surface area (Å²) < 4.78 is 1.77. The first kappa shape index (κ1) is 18.8. The van der Waals surface area contributed by atoms with Gasteiger partial charge in [0.1, 0.15) is 12.7 Å². The molecular formula is C19H28N6S. The van der Waals surface area contributed by atoms with Crippen molar-refractivity contribution >= 4 is 17.7 Å². The number of aliphatic imine (C=N–C) groups is 1. The molecule has 0 bridgehead atoms. The summed E-state index contributed by atoms with van der Waals surface area (Å²) in [6, 6.07) is 8.30. The maximum atomic E-state index is 4.90. The van der Waals surface area contributed by atoms with Crippen LogP contribution in [-0.2, 0) is 6.54 Å². The molecule has 6 nitrogen and oxygen atoms in total. The molecule has 1 aliphatic rings. The van der Waals surface area contributed by atoms with E-state index in [-0.39, 0.29) is 0 Å². The summed E-state index contributed by atoms with van der Waals surface area (Å²) in [6.45, 7) is 10.4. The Morgan fingerprint density at radius 1 is 1.42 bits per heavy atom. The Morgan fingerprint density at radius 2 is 2.31 bits per heavy atom. The molecule has 1 unspecified atom stereocenters. The lowest BCUT2D eigenvalue weighted by Gasteiger charge is -2.36. The number of guanidine groups is 1. The van der Waals surface area contributed by atoms with Gasteiger partial charge in [-0.25, -0.2) is 14.7 Å². The van der Waals surface area contributed by atoms with E-state index in [0.717, 1.165) is 37.0 Å². The molecule has 2 aromatic rings. The molecule has 3 rings (SSSR count). The topological polar surface area (TPSA) is 58.3 Å². The average Bonchev–Trinajstić information content (AvgIpc) is 3.20. The second-order valence-electron chi connectivity index (χ2n) is 6.78. The third-order valence-corrected chi connectivity index (χ3v) is 6.02. The fourth-order valence-corrected chi connectivity index (χ4v) is 4.30. The van der Waals surface area contributed by atoms with E-state index in [1.165, 1.54) is 5.56 Å². The van der Waals surface area contributed by atoms with Gasteiger partial charge in [0.05, 0.1) is 12.2 Å². The Kier molecular flexibility index (Phi) is 6.55. The molecule has 1 saturated heterocycles.